The molecule has 0 spiro atoms. The molecule has 0 aliphatic heterocycles. The van der Waals surface area contributed by atoms with E-state index < -0.39 is 22.2 Å². The molecule has 9 heteroatoms. The molecule has 0 bridgehead atoms. The molecule has 104 valence electrons. The largest absolute Gasteiger partial charge is 0.480 e. The van der Waals surface area contributed by atoms with Crippen molar-refractivity contribution in [1.29, 1.82) is 0 Å². The highest BCUT2D eigenvalue weighted by Gasteiger charge is 2.22. The second kappa shape index (κ2) is 5.33. The van der Waals surface area contributed by atoms with Gasteiger partial charge in [0.05, 0.1) is 17.7 Å². The van der Waals surface area contributed by atoms with Crippen molar-refractivity contribution in [2.24, 2.45) is 0 Å². The molecule has 6 nitrogen and oxygen atoms in total. The van der Waals surface area contributed by atoms with Gasteiger partial charge in [-0.05, 0) is 0 Å². The lowest BCUT2D eigenvalue weighted by molar-refractivity contribution is -0.387. The predicted octanol–water partition coefficient (Wildman–Crippen LogP) is 2.99. The molecular weight excluding hydrogens is 296 g/mol. The summed E-state index contributed by atoms with van der Waals surface area (Å²) in [4.78, 5) is 17.1. The zero-order chi connectivity index (χ0) is 14.9. The summed E-state index contributed by atoms with van der Waals surface area (Å²) in [6, 6.07) is 1.12. The first kappa shape index (κ1) is 14.1. The van der Waals surface area contributed by atoms with Crippen LogP contribution in [-0.2, 0) is 0 Å². The van der Waals surface area contributed by atoms with E-state index >= 15 is 0 Å². The van der Waals surface area contributed by atoms with Crippen molar-refractivity contribution in [3.63, 3.8) is 0 Å². The van der Waals surface area contributed by atoms with Crippen molar-refractivity contribution >= 4 is 17.3 Å². The van der Waals surface area contributed by atoms with Gasteiger partial charge in [-0.1, -0.05) is 11.6 Å². The minimum Gasteiger partial charge on any atom is -0.480 e. The SMILES string of the molecule is COc1ncnc(-c2cc([N+](=O)[O-])c(F)cc2F)c1Cl. The maximum absolute atomic E-state index is 13.8. The molecule has 0 saturated heterocycles. The van der Waals surface area contributed by atoms with E-state index in [2.05, 4.69) is 9.97 Å². The van der Waals surface area contributed by atoms with E-state index in [1.807, 2.05) is 0 Å². The van der Waals surface area contributed by atoms with Crippen LogP contribution in [0.5, 0.6) is 5.88 Å². The zero-order valence-corrected chi connectivity index (χ0v) is 10.7. The number of hydrogen-bond acceptors (Lipinski definition) is 5. The minimum absolute atomic E-state index is 0.0250. The van der Waals surface area contributed by atoms with Gasteiger partial charge in [-0.3, -0.25) is 10.1 Å². The molecule has 1 aromatic heterocycles. The van der Waals surface area contributed by atoms with Crippen molar-refractivity contribution < 1.29 is 18.4 Å². The average molecular weight is 302 g/mol. The smallest absolute Gasteiger partial charge is 0.305 e. The van der Waals surface area contributed by atoms with Crippen LogP contribution in [0.3, 0.4) is 0 Å². The Kier molecular flexibility index (Phi) is 3.75. The molecule has 0 N–H and O–H groups in total. The van der Waals surface area contributed by atoms with E-state index in [9.17, 15) is 18.9 Å². The van der Waals surface area contributed by atoms with E-state index in [-0.39, 0.29) is 22.2 Å². The summed E-state index contributed by atoms with van der Waals surface area (Å²) in [5.41, 5.74) is -1.32. The molecule has 0 radical (unpaired) electrons. The van der Waals surface area contributed by atoms with Crippen LogP contribution in [0.15, 0.2) is 18.5 Å². The number of nitrogens with zero attached hydrogens (tertiary/aromatic N) is 3. The Morgan fingerprint density at radius 2 is 2.00 bits per heavy atom. The number of nitro benzene ring substituents is 1. The topological polar surface area (TPSA) is 78.2 Å². The van der Waals surface area contributed by atoms with Crippen LogP contribution in [-0.4, -0.2) is 22.0 Å². The lowest BCUT2D eigenvalue weighted by Crippen LogP contribution is -1.99. The fourth-order valence-corrected chi connectivity index (χ4v) is 1.82. The number of ether oxygens (including phenoxy) is 1. The van der Waals surface area contributed by atoms with Crippen molar-refractivity contribution in [3.8, 4) is 17.1 Å². The van der Waals surface area contributed by atoms with Crippen molar-refractivity contribution in [1.82, 2.24) is 9.97 Å². The normalized spacial score (nSPS) is 10.4. The van der Waals surface area contributed by atoms with Gasteiger partial charge >= 0.3 is 5.69 Å². The monoisotopic (exact) mass is 301 g/mol. The van der Waals surface area contributed by atoms with Crippen molar-refractivity contribution in [3.05, 3.63) is 45.2 Å². The van der Waals surface area contributed by atoms with E-state index in [0.29, 0.717) is 6.07 Å². The number of nitro groups is 1. The summed E-state index contributed by atoms with van der Waals surface area (Å²) in [5.74, 6) is -2.34. The summed E-state index contributed by atoms with van der Waals surface area (Å²) < 4.78 is 31.9. The van der Waals surface area contributed by atoms with E-state index in [4.69, 9.17) is 16.3 Å². The molecule has 2 rings (SSSR count). The molecule has 20 heavy (non-hydrogen) atoms. The Hall–Kier alpha value is -2.35. The summed E-state index contributed by atoms with van der Waals surface area (Å²) in [6.07, 6.45) is 1.05. The molecule has 1 heterocycles. The highest BCUT2D eigenvalue weighted by Crippen LogP contribution is 2.35. The van der Waals surface area contributed by atoms with Crippen molar-refractivity contribution in [2.75, 3.05) is 7.11 Å². The van der Waals surface area contributed by atoms with Crippen LogP contribution in [0.2, 0.25) is 5.02 Å². The van der Waals surface area contributed by atoms with Crippen LogP contribution in [0.1, 0.15) is 0 Å². The highest BCUT2D eigenvalue weighted by atomic mass is 35.5. The van der Waals surface area contributed by atoms with Crippen molar-refractivity contribution in [2.45, 2.75) is 0 Å². The number of methoxy groups -OCH3 is 1. The molecule has 0 amide bonds. The van der Waals surface area contributed by atoms with Crippen LogP contribution in [0.25, 0.3) is 11.3 Å². The third-order valence-corrected chi connectivity index (χ3v) is 2.78. The summed E-state index contributed by atoms with van der Waals surface area (Å²) in [6.45, 7) is 0. The number of halogens is 3. The van der Waals surface area contributed by atoms with Gasteiger partial charge in [0.1, 0.15) is 17.2 Å². The van der Waals surface area contributed by atoms with Crippen LogP contribution in [0, 0.1) is 21.7 Å². The lowest BCUT2D eigenvalue weighted by atomic mass is 10.1. The predicted molar refractivity (Wildman–Crippen MR) is 65.6 cm³/mol. The first-order chi connectivity index (χ1) is 9.45. The third kappa shape index (κ3) is 2.37. The molecule has 1 aromatic carbocycles. The lowest BCUT2D eigenvalue weighted by Gasteiger charge is -2.07. The Labute approximate surface area is 116 Å². The minimum atomic E-state index is -1.28. The first-order valence-electron chi connectivity index (χ1n) is 5.14. The van der Waals surface area contributed by atoms with Gasteiger partial charge in [-0.2, -0.15) is 4.39 Å². The number of hydrogen-bond donors (Lipinski definition) is 0. The Bertz CT molecular complexity index is 697. The molecule has 0 fully saturated rings. The molecule has 0 aliphatic carbocycles. The van der Waals surface area contributed by atoms with Gasteiger partial charge in [-0.15, -0.1) is 0 Å². The fourth-order valence-electron chi connectivity index (χ4n) is 1.54. The van der Waals surface area contributed by atoms with Gasteiger partial charge in [0, 0.05) is 17.7 Å². The average Bonchev–Trinajstić information content (AvgIpc) is 2.39. The van der Waals surface area contributed by atoms with Crippen LogP contribution < -0.4 is 4.74 Å². The summed E-state index contributed by atoms with van der Waals surface area (Å²) in [7, 11) is 1.29. The summed E-state index contributed by atoms with van der Waals surface area (Å²) in [5, 5.41) is 10.5. The van der Waals surface area contributed by atoms with Crippen LogP contribution in [0.4, 0.5) is 14.5 Å². The quantitative estimate of drug-likeness (QED) is 0.643. The van der Waals surface area contributed by atoms with Gasteiger partial charge in [0.2, 0.25) is 11.7 Å². The molecule has 0 aliphatic rings. The maximum atomic E-state index is 13.8. The van der Waals surface area contributed by atoms with E-state index in [1.54, 1.807) is 0 Å². The molecule has 0 unspecified atom stereocenters. The van der Waals surface area contributed by atoms with E-state index in [0.717, 1.165) is 12.4 Å². The standard InChI is InChI=1S/C11H6ClF2N3O3/c1-20-11-9(12)10(15-4-16-11)5-2-8(17(18)19)7(14)3-6(5)13/h2-4H,1H3. The first-order valence-corrected chi connectivity index (χ1v) is 5.51. The molecule has 2 aromatic rings. The molecule has 0 atom stereocenters. The Morgan fingerprint density at radius 1 is 1.30 bits per heavy atom. The molecular formula is C11H6ClF2N3O3. The maximum Gasteiger partial charge on any atom is 0.305 e. The number of rotatable bonds is 3. The molecule has 0 saturated carbocycles. The van der Waals surface area contributed by atoms with Gasteiger partial charge < -0.3 is 4.74 Å². The van der Waals surface area contributed by atoms with Gasteiger partial charge in [-0.25, -0.2) is 14.4 Å². The number of aromatic nitrogens is 2. The van der Waals surface area contributed by atoms with Gasteiger partial charge in [0.15, 0.2) is 0 Å². The Morgan fingerprint density at radius 3 is 2.60 bits per heavy atom. The zero-order valence-electron chi connectivity index (χ0n) is 9.93. The van der Waals surface area contributed by atoms with E-state index in [1.165, 1.54) is 7.11 Å². The second-order valence-electron chi connectivity index (χ2n) is 3.59. The highest BCUT2D eigenvalue weighted by molar-refractivity contribution is 6.34. The number of benzene rings is 1. The third-order valence-electron chi connectivity index (χ3n) is 2.44. The Balaban J connectivity index is 2.70. The van der Waals surface area contributed by atoms with Gasteiger partial charge in [0.25, 0.3) is 0 Å². The summed E-state index contributed by atoms with van der Waals surface area (Å²) >= 11 is 5.91. The second-order valence-corrected chi connectivity index (χ2v) is 3.96. The fraction of sp³-hybridized carbons (Fsp3) is 0.0909. The van der Waals surface area contributed by atoms with Crippen LogP contribution >= 0.6 is 11.6 Å².